The molecule has 0 aromatic heterocycles. The average molecular weight is 263 g/mol. The molecule has 5 nitrogen and oxygen atoms in total. The van der Waals surface area contributed by atoms with Gasteiger partial charge in [-0.25, -0.2) is 0 Å². The Morgan fingerprint density at radius 1 is 1.37 bits per heavy atom. The molecule has 0 amide bonds. The topological polar surface area (TPSA) is 82.1 Å². The van der Waals surface area contributed by atoms with E-state index in [1.54, 1.807) is 0 Å². The van der Waals surface area contributed by atoms with Crippen LogP contribution in [0.15, 0.2) is 29.4 Å². The van der Waals surface area contributed by atoms with E-state index in [0.29, 0.717) is 12.6 Å². The highest BCUT2D eigenvalue weighted by atomic mass is 16.4. The number of nitrogens with two attached hydrogens (primary N) is 1. The van der Waals surface area contributed by atoms with E-state index in [9.17, 15) is 5.11 Å². The van der Waals surface area contributed by atoms with Gasteiger partial charge in [0.1, 0.15) is 0 Å². The van der Waals surface area contributed by atoms with Crippen LogP contribution in [0.25, 0.3) is 0 Å². The molecule has 0 heterocycles. The van der Waals surface area contributed by atoms with Gasteiger partial charge in [-0.1, -0.05) is 35.8 Å². The molecule has 5 heteroatoms. The van der Waals surface area contributed by atoms with Gasteiger partial charge in [0, 0.05) is 24.7 Å². The lowest BCUT2D eigenvalue weighted by Crippen LogP contribution is -2.41. The number of hydrogen-bond acceptors (Lipinski definition) is 4. The molecule has 0 unspecified atom stereocenters. The Labute approximate surface area is 113 Å². The first kappa shape index (κ1) is 13.8. The van der Waals surface area contributed by atoms with Gasteiger partial charge in [-0.2, -0.15) is 0 Å². The number of hydrogen-bond donors (Lipinski definition) is 3. The maximum Gasteiger partial charge on any atom is 0.170 e. The normalized spacial score (nSPS) is 16.6. The molecule has 0 atom stereocenters. The molecule has 0 saturated heterocycles. The second-order valence-electron chi connectivity index (χ2n) is 4.92. The number of rotatable bonds is 6. The van der Waals surface area contributed by atoms with Crippen molar-refractivity contribution in [1.29, 1.82) is 0 Å². The summed E-state index contributed by atoms with van der Waals surface area (Å²) < 4.78 is 0. The molecule has 4 N–H and O–H groups in total. The number of aliphatic hydroxyl groups excluding tert-OH is 1. The van der Waals surface area contributed by atoms with Crippen molar-refractivity contribution in [2.24, 2.45) is 10.9 Å². The Morgan fingerprint density at radius 3 is 2.68 bits per heavy atom. The summed E-state index contributed by atoms with van der Waals surface area (Å²) >= 11 is 0. The summed E-state index contributed by atoms with van der Waals surface area (Å²) in [5.74, 6) is 0.133. The zero-order valence-corrected chi connectivity index (χ0v) is 11.0. The molecule has 0 radical (unpaired) electrons. The van der Waals surface area contributed by atoms with Crippen LogP contribution < -0.4 is 5.73 Å². The van der Waals surface area contributed by atoms with Crippen molar-refractivity contribution in [3.05, 3.63) is 35.4 Å². The molecule has 1 fully saturated rings. The maximum atomic E-state index is 9.18. The van der Waals surface area contributed by atoms with Gasteiger partial charge in [0.25, 0.3) is 0 Å². The van der Waals surface area contributed by atoms with Gasteiger partial charge in [-0.3, -0.25) is 4.90 Å². The second kappa shape index (κ2) is 6.54. The Morgan fingerprint density at radius 2 is 2.11 bits per heavy atom. The predicted octanol–water partition coefficient (Wildman–Crippen LogP) is 1.13. The summed E-state index contributed by atoms with van der Waals surface area (Å²) in [6, 6.07) is 8.20. The lowest BCUT2D eigenvalue weighted by atomic mass is 9.91. The fourth-order valence-corrected chi connectivity index (χ4v) is 2.45. The largest absolute Gasteiger partial charge is 0.409 e. The van der Waals surface area contributed by atoms with Crippen LogP contribution in [0.1, 0.15) is 30.4 Å². The molecule has 19 heavy (non-hydrogen) atoms. The fourth-order valence-electron chi connectivity index (χ4n) is 2.45. The monoisotopic (exact) mass is 263 g/mol. The van der Waals surface area contributed by atoms with Gasteiger partial charge in [0.05, 0.1) is 6.61 Å². The minimum atomic E-state index is 0.133. The predicted molar refractivity (Wildman–Crippen MR) is 74.1 cm³/mol. The van der Waals surface area contributed by atoms with Crippen LogP contribution in [-0.2, 0) is 6.54 Å². The highest BCUT2D eigenvalue weighted by Gasteiger charge is 2.25. The maximum absolute atomic E-state index is 9.18. The Bertz CT molecular complexity index is 444. The first-order valence-corrected chi connectivity index (χ1v) is 6.67. The smallest absolute Gasteiger partial charge is 0.170 e. The number of amidine groups is 1. The van der Waals surface area contributed by atoms with E-state index in [1.807, 2.05) is 24.3 Å². The molecule has 1 saturated carbocycles. The molecule has 2 rings (SSSR count). The summed E-state index contributed by atoms with van der Waals surface area (Å²) in [7, 11) is 0. The van der Waals surface area contributed by atoms with Crippen molar-refractivity contribution in [2.75, 3.05) is 13.2 Å². The zero-order chi connectivity index (χ0) is 13.7. The summed E-state index contributed by atoms with van der Waals surface area (Å²) in [6.07, 6.45) is 3.63. The summed E-state index contributed by atoms with van der Waals surface area (Å²) in [6.45, 7) is 1.54. The van der Waals surface area contributed by atoms with Gasteiger partial charge in [-0.05, 0) is 18.4 Å². The molecule has 1 aliphatic rings. The third-order valence-corrected chi connectivity index (χ3v) is 3.75. The molecule has 104 valence electrons. The Kier molecular flexibility index (Phi) is 4.76. The molecule has 0 bridgehead atoms. The lowest BCUT2D eigenvalue weighted by Gasteiger charge is -2.37. The molecule has 1 aliphatic carbocycles. The van der Waals surface area contributed by atoms with Crippen LogP contribution in [0.4, 0.5) is 0 Å². The summed E-state index contributed by atoms with van der Waals surface area (Å²) in [5.41, 5.74) is 7.48. The molecule has 1 aromatic carbocycles. The standard InChI is InChI=1S/C14H21N3O2/c15-14(16-19)13-7-2-1-4-11(13)10-17(8-9-18)12-5-3-6-12/h1-2,4,7,12,18-19H,3,5-6,8-10H2,(H2,15,16). The Balaban J connectivity index is 2.16. The van der Waals surface area contributed by atoms with Crippen molar-refractivity contribution in [3.8, 4) is 0 Å². The van der Waals surface area contributed by atoms with Crippen LogP contribution in [-0.4, -0.2) is 40.2 Å². The van der Waals surface area contributed by atoms with E-state index >= 15 is 0 Å². The van der Waals surface area contributed by atoms with E-state index in [4.69, 9.17) is 10.9 Å². The lowest BCUT2D eigenvalue weighted by molar-refractivity contribution is 0.0945. The summed E-state index contributed by atoms with van der Waals surface area (Å²) in [5, 5.41) is 21.1. The zero-order valence-electron chi connectivity index (χ0n) is 11.0. The van der Waals surface area contributed by atoms with Crippen LogP contribution in [0.2, 0.25) is 0 Å². The number of oxime groups is 1. The van der Waals surface area contributed by atoms with Crippen molar-refractivity contribution in [3.63, 3.8) is 0 Å². The fraction of sp³-hybridized carbons (Fsp3) is 0.500. The average Bonchev–Trinajstić information content (AvgIpc) is 2.37. The van der Waals surface area contributed by atoms with Crippen molar-refractivity contribution < 1.29 is 10.3 Å². The van der Waals surface area contributed by atoms with Crippen molar-refractivity contribution in [2.45, 2.75) is 31.8 Å². The van der Waals surface area contributed by atoms with Gasteiger partial charge in [-0.15, -0.1) is 0 Å². The van der Waals surface area contributed by atoms with E-state index in [2.05, 4.69) is 10.1 Å². The van der Waals surface area contributed by atoms with E-state index in [0.717, 1.165) is 17.7 Å². The van der Waals surface area contributed by atoms with Gasteiger partial charge in [0.2, 0.25) is 0 Å². The molecule has 0 spiro atoms. The van der Waals surface area contributed by atoms with E-state index < -0.39 is 0 Å². The third-order valence-electron chi connectivity index (χ3n) is 3.75. The minimum Gasteiger partial charge on any atom is -0.409 e. The number of aliphatic hydroxyl groups is 1. The van der Waals surface area contributed by atoms with E-state index in [1.165, 1.54) is 19.3 Å². The molecular weight excluding hydrogens is 242 g/mol. The van der Waals surface area contributed by atoms with Crippen molar-refractivity contribution in [1.82, 2.24) is 4.90 Å². The highest BCUT2D eigenvalue weighted by molar-refractivity contribution is 5.98. The summed E-state index contributed by atoms with van der Waals surface area (Å²) in [4.78, 5) is 2.27. The van der Waals surface area contributed by atoms with Crippen LogP contribution in [0.3, 0.4) is 0 Å². The minimum absolute atomic E-state index is 0.133. The first-order valence-electron chi connectivity index (χ1n) is 6.67. The quantitative estimate of drug-likeness (QED) is 0.311. The van der Waals surface area contributed by atoms with Crippen LogP contribution in [0.5, 0.6) is 0 Å². The molecular formula is C14H21N3O2. The SMILES string of the molecule is N/C(=N/O)c1ccccc1CN(CCO)C1CCC1. The third kappa shape index (κ3) is 3.24. The van der Waals surface area contributed by atoms with Crippen LogP contribution >= 0.6 is 0 Å². The van der Waals surface area contributed by atoms with Gasteiger partial charge < -0.3 is 16.0 Å². The molecule has 1 aromatic rings. The second-order valence-corrected chi connectivity index (χ2v) is 4.92. The van der Waals surface area contributed by atoms with Crippen LogP contribution in [0, 0.1) is 0 Å². The first-order chi connectivity index (χ1) is 9.26. The van der Waals surface area contributed by atoms with E-state index in [-0.39, 0.29) is 12.4 Å². The highest BCUT2D eigenvalue weighted by Crippen LogP contribution is 2.26. The number of nitrogens with zero attached hydrogens (tertiary/aromatic N) is 2. The van der Waals surface area contributed by atoms with Gasteiger partial charge >= 0.3 is 0 Å². The number of benzene rings is 1. The molecule has 0 aliphatic heterocycles. The van der Waals surface area contributed by atoms with Crippen molar-refractivity contribution >= 4 is 5.84 Å². The Hall–Kier alpha value is -1.59. The van der Waals surface area contributed by atoms with Gasteiger partial charge in [0.15, 0.2) is 5.84 Å².